The predicted molar refractivity (Wildman–Crippen MR) is 79.4 cm³/mol. The largest absolute Gasteiger partial charge is 0.448 e. The fourth-order valence-corrected chi connectivity index (χ4v) is 2.03. The lowest BCUT2D eigenvalue weighted by Crippen LogP contribution is -2.26. The van der Waals surface area contributed by atoms with Crippen LogP contribution in [0.25, 0.3) is 11.5 Å². The average Bonchev–Trinajstić information content (AvgIpc) is 3.24. The number of nitrogens with one attached hydrogen (secondary N) is 1. The van der Waals surface area contributed by atoms with E-state index < -0.39 is 0 Å². The van der Waals surface area contributed by atoms with Crippen LogP contribution in [0.1, 0.15) is 29.1 Å². The Bertz CT molecular complexity index is 781. The molecule has 3 aromatic heterocycles. The van der Waals surface area contributed by atoms with Crippen LogP contribution in [0.5, 0.6) is 0 Å². The van der Waals surface area contributed by atoms with Crippen LogP contribution in [-0.4, -0.2) is 32.6 Å². The standard InChI is InChI=1S/C15H15N5O3/c1-2-11-13(18-9-22-11)15(21)17-8-6-12-19-14(20-23-12)10-5-3-4-7-16-10/h3-5,7,9H,2,6,8H2,1H3,(H,17,21). The van der Waals surface area contributed by atoms with Crippen molar-refractivity contribution in [3.05, 3.63) is 48.1 Å². The van der Waals surface area contributed by atoms with Crippen molar-refractivity contribution in [1.82, 2.24) is 25.4 Å². The monoisotopic (exact) mass is 313 g/mol. The SMILES string of the molecule is CCc1ocnc1C(=O)NCCc1nc(-c2ccccn2)no1. The molecule has 0 aliphatic rings. The fraction of sp³-hybridized carbons (Fsp3) is 0.267. The smallest absolute Gasteiger partial charge is 0.273 e. The highest BCUT2D eigenvalue weighted by molar-refractivity contribution is 5.93. The maximum atomic E-state index is 12.0. The van der Waals surface area contributed by atoms with E-state index in [1.54, 1.807) is 12.3 Å². The number of nitrogens with zero attached hydrogens (tertiary/aromatic N) is 4. The summed E-state index contributed by atoms with van der Waals surface area (Å²) in [5.41, 5.74) is 0.953. The Kier molecular flexibility index (Phi) is 4.41. The minimum Gasteiger partial charge on any atom is -0.448 e. The molecule has 0 atom stereocenters. The number of amides is 1. The molecule has 3 rings (SSSR count). The third kappa shape index (κ3) is 3.42. The summed E-state index contributed by atoms with van der Waals surface area (Å²) >= 11 is 0. The molecule has 0 saturated heterocycles. The Labute approximate surface area is 132 Å². The average molecular weight is 313 g/mol. The van der Waals surface area contributed by atoms with Gasteiger partial charge in [-0.25, -0.2) is 4.98 Å². The summed E-state index contributed by atoms with van der Waals surface area (Å²) in [7, 11) is 0. The Morgan fingerprint density at radius 1 is 1.30 bits per heavy atom. The summed E-state index contributed by atoms with van der Waals surface area (Å²) in [6.45, 7) is 2.26. The van der Waals surface area contributed by atoms with Crippen molar-refractivity contribution < 1.29 is 13.7 Å². The van der Waals surface area contributed by atoms with E-state index in [1.807, 2.05) is 19.1 Å². The van der Waals surface area contributed by atoms with Crippen LogP contribution in [0.3, 0.4) is 0 Å². The minimum absolute atomic E-state index is 0.278. The van der Waals surface area contributed by atoms with Gasteiger partial charge in [-0.2, -0.15) is 4.98 Å². The van der Waals surface area contributed by atoms with Crippen LogP contribution in [0.15, 0.2) is 39.7 Å². The van der Waals surface area contributed by atoms with Gasteiger partial charge in [0.2, 0.25) is 11.7 Å². The van der Waals surface area contributed by atoms with E-state index >= 15 is 0 Å². The van der Waals surface area contributed by atoms with Gasteiger partial charge in [-0.1, -0.05) is 18.1 Å². The van der Waals surface area contributed by atoms with E-state index in [4.69, 9.17) is 8.94 Å². The van der Waals surface area contributed by atoms with Crippen molar-refractivity contribution in [2.45, 2.75) is 19.8 Å². The third-order valence-corrected chi connectivity index (χ3v) is 3.16. The lowest BCUT2D eigenvalue weighted by molar-refractivity contribution is 0.0947. The first-order valence-electron chi connectivity index (χ1n) is 7.22. The van der Waals surface area contributed by atoms with Crippen LogP contribution in [-0.2, 0) is 12.8 Å². The Balaban J connectivity index is 1.55. The van der Waals surface area contributed by atoms with E-state index in [9.17, 15) is 4.79 Å². The minimum atomic E-state index is -0.278. The van der Waals surface area contributed by atoms with E-state index in [0.717, 1.165) is 0 Å². The number of carbonyl (C=O) groups excluding carboxylic acids is 1. The van der Waals surface area contributed by atoms with Crippen molar-refractivity contribution in [3.63, 3.8) is 0 Å². The van der Waals surface area contributed by atoms with Crippen LogP contribution in [0, 0.1) is 0 Å². The van der Waals surface area contributed by atoms with E-state index in [0.29, 0.717) is 48.2 Å². The summed E-state index contributed by atoms with van der Waals surface area (Å²) in [5, 5.41) is 6.63. The van der Waals surface area contributed by atoms with Crippen LogP contribution < -0.4 is 5.32 Å². The molecule has 8 nitrogen and oxygen atoms in total. The Hall–Kier alpha value is -3.03. The number of oxazole rings is 1. The Morgan fingerprint density at radius 2 is 2.22 bits per heavy atom. The lowest BCUT2D eigenvalue weighted by atomic mass is 10.2. The zero-order valence-electron chi connectivity index (χ0n) is 12.5. The molecule has 118 valence electrons. The highest BCUT2D eigenvalue weighted by atomic mass is 16.5. The van der Waals surface area contributed by atoms with Crippen LogP contribution in [0.4, 0.5) is 0 Å². The quantitative estimate of drug-likeness (QED) is 0.737. The molecule has 3 heterocycles. The second kappa shape index (κ2) is 6.82. The molecule has 0 saturated carbocycles. The zero-order chi connectivity index (χ0) is 16.1. The van der Waals surface area contributed by atoms with Gasteiger partial charge in [0.15, 0.2) is 12.1 Å². The molecule has 1 amide bonds. The summed E-state index contributed by atoms with van der Waals surface area (Å²) in [5.74, 6) is 1.15. The number of carbonyl (C=O) groups is 1. The maximum absolute atomic E-state index is 12.0. The number of hydrogen-bond acceptors (Lipinski definition) is 7. The molecule has 0 radical (unpaired) electrons. The van der Waals surface area contributed by atoms with Gasteiger partial charge < -0.3 is 14.3 Å². The topological polar surface area (TPSA) is 107 Å². The first kappa shape index (κ1) is 14.9. The van der Waals surface area contributed by atoms with E-state index in [2.05, 4.69) is 25.4 Å². The predicted octanol–water partition coefficient (Wildman–Crippen LogP) is 1.65. The van der Waals surface area contributed by atoms with Gasteiger partial charge in [0.05, 0.1) is 0 Å². The first-order chi connectivity index (χ1) is 11.3. The van der Waals surface area contributed by atoms with Crippen molar-refractivity contribution in [1.29, 1.82) is 0 Å². The number of hydrogen-bond donors (Lipinski definition) is 1. The molecule has 1 N–H and O–H groups in total. The fourth-order valence-electron chi connectivity index (χ4n) is 2.03. The van der Waals surface area contributed by atoms with Crippen LogP contribution in [0.2, 0.25) is 0 Å². The van der Waals surface area contributed by atoms with Gasteiger partial charge in [-0.3, -0.25) is 9.78 Å². The summed E-state index contributed by atoms with van der Waals surface area (Å²) in [6, 6.07) is 5.46. The van der Waals surface area contributed by atoms with E-state index in [1.165, 1.54) is 6.39 Å². The summed E-state index contributed by atoms with van der Waals surface area (Å²) < 4.78 is 10.3. The molecule has 3 aromatic rings. The second-order valence-electron chi connectivity index (χ2n) is 4.71. The van der Waals surface area contributed by atoms with Gasteiger partial charge in [0, 0.05) is 25.6 Å². The number of rotatable bonds is 6. The summed E-state index contributed by atoms with van der Waals surface area (Å²) in [6.07, 6.45) is 3.96. The van der Waals surface area contributed by atoms with Crippen molar-refractivity contribution in [3.8, 4) is 11.5 Å². The summed E-state index contributed by atoms with van der Waals surface area (Å²) in [4.78, 5) is 24.3. The molecule has 0 aromatic carbocycles. The molecular formula is C15H15N5O3. The molecule has 0 aliphatic heterocycles. The highest BCUT2D eigenvalue weighted by Gasteiger charge is 2.15. The molecule has 0 fully saturated rings. The number of aryl methyl sites for hydroxylation is 1. The molecule has 0 unspecified atom stereocenters. The Morgan fingerprint density at radius 3 is 3.00 bits per heavy atom. The lowest BCUT2D eigenvalue weighted by Gasteiger charge is -2.01. The van der Waals surface area contributed by atoms with Crippen LogP contribution >= 0.6 is 0 Å². The van der Waals surface area contributed by atoms with Crippen molar-refractivity contribution in [2.24, 2.45) is 0 Å². The molecule has 0 bridgehead atoms. The second-order valence-corrected chi connectivity index (χ2v) is 4.71. The van der Waals surface area contributed by atoms with E-state index in [-0.39, 0.29) is 5.91 Å². The third-order valence-electron chi connectivity index (χ3n) is 3.16. The van der Waals surface area contributed by atoms with Gasteiger partial charge in [0.1, 0.15) is 11.5 Å². The number of pyridine rings is 1. The highest BCUT2D eigenvalue weighted by Crippen LogP contribution is 2.12. The van der Waals surface area contributed by atoms with Gasteiger partial charge in [0.25, 0.3) is 5.91 Å². The molecule has 23 heavy (non-hydrogen) atoms. The van der Waals surface area contributed by atoms with Gasteiger partial charge in [-0.15, -0.1) is 0 Å². The molecular weight excluding hydrogens is 298 g/mol. The van der Waals surface area contributed by atoms with Crippen molar-refractivity contribution in [2.75, 3.05) is 6.54 Å². The van der Waals surface area contributed by atoms with Crippen molar-refractivity contribution >= 4 is 5.91 Å². The van der Waals surface area contributed by atoms with Gasteiger partial charge >= 0.3 is 0 Å². The van der Waals surface area contributed by atoms with Gasteiger partial charge in [-0.05, 0) is 12.1 Å². The first-order valence-corrected chi connectivity index (χ1v) is 7.22. The molecule has 8 heteroatoms. The number of aromatic nitrogens is 4. The normalized spacial score (nSPS) is 10.7. The maximum Gasteiger partial charge on any atom is 0.273 e. The zero-order valence-corrected chi connectivity index (χ0v) is 12.5. The molecule has 0 spiro atoms. The molecule has 0 aliphatic carbocycles.